The number of benzene rings is 1. The Balaban J connectivity index is 1.89. The van der Waals surface area contributed by atoms with Gasteiger partial charge in [-0.2, -0.15) is 0 Å². The van der Waals surface area contributed by atoms with E-state index in [1.165, 1.54) is 6.07 Å². The fraction of sp³-hybridized carbons (Fsp3) is 0.600. The van der Waals surface area contributed by atoms with Crippen molar-refractivity contribution in [3.63, 3.8) is 0 Å². The number of nitrogens with two attached hydrogens (primary N) is 1. The average Bonchev–Trinajstić information content (AvgIpc) is 2.44. The number of hydrogen-bond donors (Lipinski definition) is 1. The predicted octanol–water partition coefficient (Wildman–Crippen LogP) is 1.99. The topological polar surface area (TPSA) is 32.5 Å². The van der Waals surface area contributed by atoms with Crippen molar-refractivity contribution < 1.29 is 8.78 Å². The van der Waals surface area contributed by atoms with Crippen molar-refractivity contribution in [3.8, 4) is 0 Å². The maximum atomic E-state index is 13.7. The third kappa shape index (κ3) is 3.75. The van der Waals surface area contributed by atoms with Gasteiger partial charge in [0.05, 0.1) is 0 Å². The summed E-state index contributed by atoms with van der Waals surface area (Å²) in [5, 5.41) is 0. The molecule has 1 fully saturated rings. The zero-order valence-corrected chi connectivity index (χ0v) is 12.0. The van der Waals surface area contributed by atoms with Crippen molar-refractivity contribution in [1.29, 1.82) is 0 Å². The second-order valence-electron chi connectivity index (χ2n) is 5.39. The molecule has 0 radical (unpaired) electrons. The van der Waals surface area contributed by atoms with Gasteiger partial charge in [-0.3, -0.25) is 4.90 Å². The van der Waals surface area contributed by atoms with Crippen molar-refractivity contribution in [2.75, 3.05) is 39.3 Å². The molecule has 1 atom stereocenters. The Bertz CT molecular complexity index is 431. The highest BCUT2D eigenvalue weighted by Gasteiger charge is 2.21. The van der Waals surface area contributed by atoms with E-state index >= 15 is 0 Å². The number of piperazine rings is 1. The van der Waals surface area contributed by atoms with Crippen LogP contribution in [0.2, 0.25) is 0 Å². The maximum Gasteiger partial charge on any atom is 0.163 e. The minimum Gasteiger partial charge on any atom is -0.323 e. The third-order valence-corrected chi connectivity index (χ3v) is 3.84. The van der Waals surface area contributed by atoms with Crippen LogP contribution in [0, 0.1) is 11.6 Å². The molecule has 2 rings (SSSR count). The normalized spacial score (nSPS) is 19.2. The molecule has 1 aromatic carbocycles. The Morgan fingerprint density at radius 3 is 2.45 bits per heavy atom. The van der Waals surface area contributed by atoms with Gasteiger partial charge < -0.3 is 10.6 Å². The highest BCUT2D eigenvalue weighted by atomic mass is 19.2. The Hall–Kier alpha value is -1.04. The van der Waals surface area contributed by atoms with E-state index in [2.05, 4.69) is 16.7 Å². The molecule has 1 unspecified atom stereocenters. The molecule has 0 aliphatic carbocycles. The minimum absolute atomic E-state index is 0.265. The van der Waals surface area contributed by atoms with Gasteiger partial charge in [0.1, 0.15) is 0 Å². The van der Waals surface area contributed by atoms with Crippen molar-refractivity contribution in [2.24, 2.45) is 5.73 Å². The van der Waals surface area contributed by atoms with Gasteiger partial charge >= 0.3 is 0 Å². The van der Waals surface area contributed by atoms with Crippen molar-refractivity contribution in [3.05, 3.63) is 35.4 Å². The van der Waals surface area contributed by atoms with Crippen LogP contribution in [-0.4, -0.2) is 49.1 Å². The minimum atomic E-state index is -0.828. The van der Waals surface area contributed by atoms with Crippen LogP contribution in [0.3, 0.4) is 0 Å². The predicted molar refractivity (Wildman–Crippen MR) is 76.5 cm³/mol. The molecule has 1 aliphatic rings. The van der Waals surface area contributed by atoms with Gasteiger partial charge in [-0.25, -0.2) is 8.78 Å². The molecule has 3 nitrogen and oxygen atoms in total. The summed E-state index contributed by atoms with van der Waals surface area (Å²) in [5.74, 6) is -1.64. The number of rotatable bonds is 5. The van der Waals surface area contributed by atoms with Crippen LogP contribution in [0.25, 0.3) is 0 Å². The maximum absolute atomic E-state index is 13.7. The molecule has 0 bridgehead atoms. The molecule has 0 amide bonds. The summed E-state index contributed by atoms with van der Waals surface area (Å²) in [6.07, 6.45) is 1.16. The van der Waals surface area contributed by atoms with Crippen molar-refractivity contribution >= 4 is 0 Å². The molecular formula is C15H23F2N3. The first-order valence-corrected chi connectivity index (χ1v) is 7.26. The molecule has 5 heteroatoms. The summed E-state index contributed by atoms with van der Waals surface area (Å²) < 4.78 is 26.9. The van der Waals surface area contributed by atoms with E-state index in [-0.39, 0.29) is 5.56 Å². The van der Waals surface area contributed by atoms with Gasteiger partial charge in [0.2, 0.25) is 0 Å². The van der Waals surface area contributed by atoms with Gasteiger partial charge in [0, 0.05) is 44.3 Å². The second kappa shape index (κ2) is 7.11. The van der Waals surface area contributed by atoms with Crippen LogP contribution in [-0.2, 0) is 0 Å². The molecule has 1 aliphatic heterocycles. The van der Waals surface area contributed by atoms with Gasteiger partial charge in [0.15, 0.2) is 11.6 Å². The Kier molecular flexibility index (Phi) is 5.46. The molecule has 0 aromatic heterocycles. The standard InChI is InChI=1S/C15H23F2N3/c1-2-6-19-7-9-20(10-8-19)11-14(18)12-4-3-5-13(16)15(12)17/h3-5,14H,2,6-11,18H2,1H3. The van der Waals surface area contributed by atoms with Crippen LogP contribution in [0.1, 0.15) is 24.9 Å². The molecule has 1 aromatic rings. The number of nitrogens with zero attached hydrogens (tertiary/aromatic N) is 2. The van der Waals surface area contributed by atoms with E-state index in [4.69, 9.17) is 5.73 Å². The lowest BCUT2D eigenvalue weighted by Gasteiger charge is -2.35. The molecule has 0 saturated carbocycles. The molecule has 0 spiro atoms. The molecular weight excluding hydrogens is 260 g/mol. The second-order valence-corrected chi connectivity index (χ2v) is 5.39. The lowest BCUT2D eigenvalue weighted by Crippen LogP contribution is -2.48. The van der Waals surface area contributed by atoms with Crippen LogP contribution in [0.15, 0.2) is 18.2 Å². The summed E-state index contributed by atoms with van der Waals surface area (Å²) in [4.78, 5) is 4.64. The summed E-state index contributed by atoms with van der Waals surface area (Å²) in [7, 11) is 0. The molecule has 1 heterocycles. The van der Waals surface area contributed by atoms with Gasteiger partial charge in [-0.05, 0) is 19.0 Å². The van der Waals surface area contributed by atoms with E-state index in [0.29, 0.717) is 6.54 Å². The van der Waals surface area contributed by atoms with Crippen LogP contribution in [0.4, 0.5) is 8.78 Å². The zero-order chi connectivity index (χ0) is 14.5. The first kappa shape index (κ1) is 15.4. The molecule has 20 heavy (non-hydrogen) atoms. The fourth-order valence-corrected chi connectivity index (χ4v) is 2.70. The number of halogens is 2. The van der Waals surface area contributed by atoms with Gasteiger partial charge in [-0.15, -0.1) is 0 Å². The summed E-state index contributed by atoms with van der Waals surface area (Å²) in [5.41, 5.74) is 6.29. The van der Waals surface area contributed by atoms with E-state index < -0.39 is 17.7 Å². The van der Waals surface area contributed by atoms with Crippen molar-refractivity contribution in [2.45, 2.75) is 19.4 Å². The first-order chi connectivity index (χ1) is 9.61. The first-order valence-electron chi connectivity index (χ1n) is 7.26. The molecule has 1 saturated heterocycles. The highest BCUT2D eigenvalue weighted by Crippen LogP contribution is 2.19. The highest BCUT2D eigenvalue weighted by molar-refractivity contribution is 5.22. The van der Waals surface area contributed by atoms with Gasteiger partial charge in [0.25, 0.3) is 0 Å². The SMILES string of the molecule is CCCN1CCN(CC(N)c2cccc(F)c2F)CC1. The lowest BCUT2D eigenvalue weighted by atomic mass is 10.1. The quantitative estimate of drug-likeness (QED) is 0.897. The smallest absolute Gasteiger partial charge is 0.163 e. The van der Waals surface area contributed by atoms with Crippen LogP contribution >= 0.6 is 0 Å². The zero-order valence-electron chi connectivity index (χ0n) is 12.0. The number of hydrogen-bond acceptors (Lipinski definition) is 3. The van der Waals surface area contributed by atoms with Crippen molar-refractivity contribution in [1.82, 2.24) is 9.80 Å². The largest absolute Gasteiger partial charge is 0.323 e. The van der Waals surface area contributed by atoms with E-state index in [0.717, 1.165) is 45.2 Å². The lowest BCUT2D eigenvalue weighted by molar-refractivity contribution is 0.127. The molecule has 112 valence electrons. The Morgan fingerprint density at radius 2 is 1.80 bits per heavy atom. The van der Waals surface area contributed by atoms with E-state index in [9.17, 15) is 8.78 Å². The summed E-state index contributed by atoms with van der Waals surface area (Å²) in [6.45, 7) is 7.78. The Labute approximate surface area is 119 Å². The third-order valence-electron chi connectivity index (χ3n) is 3.84. The van der Waals surface area contributed by atoms with Crippen LogP contribution in [0.5, 0.6) is 0 Å². The fourth-order valence-electron chi connectivity index (χ4n) is 2.70. The average molecular weight is 283 g/mol. The van der Waals surface area contributed by atoms with Gasteiger partial charge in [-0.1, -0.05) is 19.1 Å². The van der Waals surface area contributed by atoms with Crippen LogP contribution < -0.4 is 5.73 Å². The van der Waals surface area contributed by atoms with E-state index in [1.807, 2.05) is 0 Å². The summed E-state index contributed by atoms with van der Waals surface area (Å²) >= 11 is 0. The van der Waals surface area contributed by atoms with E-state index in [1.54, 1.807) is 6.07 Å². The summed E-state index contributed by atoms with van der Waals surface area (Å²) in [6, 6.07) is 3.71. The monoisotopic (exact) mass is 283 g/mol. The Morgan fingerprint density at radius 1 is 1.15 bits per heavy atom. The molecule has 2 N–H and O–H groups in total.